The first-order chi connectivity index (χ1) is 15.2. The number of hydrogen-bond donors (Lipinski definition) is 1. The van der Waals surface area contributed by atoms with E-state index >= 15 is 0 Å². The molecule has 0 spiro atoms. The molecular weight excluding hydrogens is 451 g/mol. The number of carbonyl (C=O) groups is 1. The smallest absolute Gasteiger partial charge is 0.328 e. The summed E-state index contributed by atoms with van der Waals surface area (Å²) in [7, 11) is 3.96. The van der Waals surface area contributed by atoms with E-state index < -0.39 is 5.69 Å². The SMILES string of the molecule is CCn1c(=O)[nH]c2cc(C(=O)N(CCCN(C)C)Cc3ccc(Cl)c(Cl)c3)ccc2c1=O. The molecule has 1 amide bonds. The van der Waals surface area contributed by atoms with E-state index in [0.29, 0.717) is 39.6 Å². The maximum Gasteiger partial charge on any atom is 0.328 e. The summed E-state index contributed by atoms with van der Waals surface area (Å²) in [6.45, 7) is 3.72. The lowest BCUT2D eigenvalue weighted by atomic mass is 10.1. The Morgan fingerprint density at radius 1 is 1.03 bits per heavy atom. The lowest BCUT2D eigenvalue weighted by Gasteiger charge is -2.24. The molecule has 0 aliphatic carbocycles. The van der Waals surface area contributed by atoms with Gasteiger partial charge in [0, 0.05) is 25.2 Å². The summed E-state index contributed by atoms with van der Waals surface area (Å²) in [6.07, 6.45) is 0.783. The number of aromatic nitrogens is 2. The Kier molecular flexibility index (Phi) is 7.77. The van der Waals surface area contributed by atoms with E-state index in [1.807, 2.05) is 20.2 Å². The van der Waals surface area contributed by atoms with E-state index in [-0.39, 0.29) is 18.0 Å². The van der Waals surface area contributed by atoms with Crippen molar-refractivity contribution in [2.45, 2.75) is 26.4 Å². The maximum atomic E-state index is 13.4. The van der Waals surface area contributed by atoms with Crippen LogP contribution in [0.5, 0.6) is 0 Å². The molecule has 1 aromatic heterocycles. The molecule has 32 heavy (non-hydrogen) atoms. The summed E-state index contributed by atoms with van der Waals surface area (Å²) in [4.78, 5) is 44.6. The van der Waals surface area contributed by atoms with Gasteiger partial charge in [0.2, 0.25) is 0 Å². The van der Waals surface area contributed by atoms with Gasteiger partial charge in [-0.05, 0) is 69.9 Å². The summed E-state index contributed by atoms with van der Waals surface area (Å²) >= 11 is 12.2. The van der Waals surface area contributed by atoms with Crippen molar-refractivity contribution >= 4 is 40.0 Å². The van der Waals surface area contributed by atoms with Crippen molar-refractivity contribution in [1.82, 2.24) is 19.4 Å². The van der Waals surface area contributed by atoms with Gasteiger partial charge in [-0.2, -0.15) is 0 Å². The first kappa shape index (κ1) is 24.0. The van der Waals surface area contributed by atoms with Gasteiger partial charge in [0.25, 0.3) is 11.5 Å². The van der Waals surface area contributed by atoms with Crippen LogP contribution in [0.1, 0.15) is 29.3 Å². The average molecular weight is 477 g/mol. The van der Waals surface area contributed by atoms with Crippen LogP contribution in [0.15, 0.2) is 46.0 Å². The van der Waals surface area contributed by atoms with Crippen molar-refractivity contribution in [2.75, 3.05) is 27.2 Å². The fourth-order valence-electron chi connectivity index (χ4n) is 3.55. The summed E-state index contributed by atoms with van der Waals surface area (Å²) in [5, 5.41) is 1.25. The zero-order valence-electron chi connectivity index (χ0n) is 18.3. The van der Waals surface area contributed by atoms with E-state index in [1.54, 1.807) is 42.2 Å². The number of aromatic amines is 1. The first-order valence-electron chi connectivity index (χ1n) is 10.4. The number of nitrogens with one attached hydrogen (secondary N) is 1. The molecule has 0 saturated heterocycles. The summed E-state index contributed by atoms with van der Waals surface area (Å²) in [5.41, 5.74) is 0.736. The standard InChI is InChI=1S/C23H26Cl2N4O3/c1-4-29-22(31)17-8-7-16(13-20(17)26-23(29)32)21(30)28(11-5-10-27(2)3)14-15-6-9-18(24)19(25)12-15/h6-9,12-13H,4-5,10-11,14H2,1-3H3,(H,26,32). The minimum absolute atomic E-state index is 0.197. The van der Waals surface area contributed by atoms with Crippen LogP contribution < -0.4 is 11.2 Å². The minimum atomic E-state index is -0.492. The van der Waals surface area contributed by atoms with Crippen LogP contribution in [0.4, 0.5) is 0 Å². The van der Waals surface area contributed by atoms with E-state index in [2.05, 4.69) is 9.88 Å². The van der Waals surface area contributed by atoms with Crippen LogP contribution in [0.25, 0.3) is 10.9 Å². The molecule has 0 unspecified atom stereocenters. The zero-order valence-corrected chi connectivity index (χ0v) is 19.8. The van der Waals surface area contributed by atoms with Crippen molar-refractivity contribution in [3.63, 3.8) is 0 Å². The third-order valence-corrected chi connectivity index (χ3v) is 5.96. The Labute approximate surface area is 196 Å². The van der Waals surface area contributed by atoms with Crippen LogP contribution in [0.2, 0.25) is 10.0 Å². The van der Waals surface area contributed by atoms with Crippen LogP contribution in [0, 0.1) is 0 Å². The fourth-order valence-corrected chi connectivity index (χ4v) is 3.87. The Hall–Kier alpha value is -2.61. The van der Waals surface area contributed by atoms with Gasteiger partial charge >= 0.3 is 5.69 Å². The van der Waals surface area contributed by atoms with Crippen molar-refractivity contribution < 1.29 is 4.79 Å². The molecular formula is C23H26Cl2N4O3. The number of nitrogens with zero attached hydrogens (tertiary/aromatic N) is 3. The van der Waals surface area contributed by atoms with Gasteiger partial charge in [0.05, 0.1) is 20.9 Å². The number of hydrogen-bond acceptors (Lipinski definition) is 4. The number of benzene rings is 2. The highest BCUT2D eigenvalue weighted by atomic mass is 35.5. The third kappa shape index (κ3) is 5.41. The summed E-state index contributed by atoms with van der Waals surface area (Å²) < 4.78 is 1.13. The second-order valence-electron chi connectivity index (χ2n) is 7.87. The third-order valence-electron chi connectivity index (χ3n) is 5.22. The lowest BCUT2D eigenvalue weighted by molar-refractivity contribution is 0.0737. The second kappa shape index (κ2) is 10.3. The zero-order chi connectivity index (χ0) is 23.4. The number of halogens is 2. The maximum absolute atomic E-state index is 13.4. The Morgan fingerprint density at radius 2 is 1.78 bits per heavy atom. The Morgan fingerprint density at radius 3 is 2.44 bits per heavy atom. The van der Waals surface area contributed by atoms with Crippen molar-refractivity contribution in [1.29, 1.82) is 0 Å². The molecule has 0 radical (unpaired) electrons. The van der Waals surface area contributed by atoms with Gasteiger partial charge in [-0.1, -0.05) is 29.3 Å². The van der Waals surface area contributed by atoms with Crippen LogP contribution in [-0.2, 0) is 13.1 Å². The molecule has 0 fully saturated rings. The molecule has 0 aliphatic rings. The molecule has 0 atom stereocenters. The normalized spacial score (nSPS) is 11.3. The van der Waals surface area contributed by atoms with Gasteiger partial charge in [-0.25, -0.2) is 4.79 Å². The predicted octanol–water partition coefficient (Wildman–Crippen LogP) is 3.61. The highest BCUT2D eigenvalue weighted by molar-refractivity contribution is 6.42. The molecule has 7 nitrogen and oxygen atoms in total. The van der Waals surface area contributed by atoms with Crippen LogP contribution >= 0.6 is 23.2 Å². The Balaban J connectivity index is 1.95. The predicted molar refractivity (Wildman–Crippen MR) is 129 cm³/mol. The number of H-pyrrole nitrogens is 1. The topological polar surface area (TPSA) is 78.4 Å². The van der Waals surface area contributed by atoms with Crippen LogP contribution in [-0.4, -0.2) is 52.4 Å². The highest BCUT2D eigenvalue weighted by Gasteiger charge is 2.18. The van der Waals surface area contributed by atoms with E-state index in [9.17, 15) is 14.4 Å². The van der Waals surface area contributed by atoms with Crippen molar-refractivity contribution in [3.8, 4) is 0 Å². The van der Waals surface area contributed by atoms with E-state index in [0.717, 1.165) is 23.1 Å². The van der Waals surface area contributed by atoms with Crippen molar-refractivity contribution in [2.24, 2.45) is 0 Å². The number of fused-ring (bicyclic) bond motifs is 1. The van der Waals surface area contributed by atoms with Crippen LogP contribution in [0.3, 0.4) is 0 Å². The van der Waals surface area contributed by atoms with E-state index in [1.165, 1.54) is 0 Å². The molecule has 0 aliphatic heterocycles. The molecule has 2 aromatic carbocycles. The largest absolute Gasteiger partial charge is 0.334 e. The fraction of sp³-hybridized carbons (Fsp3) is 0.348. The molecule has 0 bridgehead atoms. The molecule has 170 valence electrons. The Bertz CT molecular complexity index is 1250. The molecule has 3 rings (SSSR count). The summed E-state index contributed by atoms with van der Waals surface area (Å²) in [6, 6.07) is 10.1. The van der Waals surface area contributed by atoms with Gasteiger partial charge in [-0.15, -0.1) is 0 Å². The molecule has 3 aromatic rings. The average Bonchev–Trinajstić information content (AvgIpc) is 2.74. The highest BCUT2D eigenvalue weighted by Crippen LogP contribution is 2.24. The minimum Gasteiger partial charge on any atom is -0.334 e. The quantitative estimate of drug-likeness (QED) is 0.538. The molecule has 1 heterocycles. The number of carbonyl (C=O) groups excluding carboxylic acids is 1. The number of rotatable bonds is 8. The van der Waals surface area contributed by atoms with Gasteiger partial charge in [0.15, 0.2) is 0 Å². The first-order valence-corrected chi connectivity index (χ1v) is 11.1. The molecule has 9 heteroatoms. The van der Waals surface area contributed by atoms with Gasteiger partial charge in [0.1, 0.15) is 0 Å². The van der Waals surface area contributed by atoms with E-state index in [4.69, 9.17) is 23.2 Å². The number of amides is 1. The second-order valence-corrected chi connectivity index (χ2v) is 8.69. The van der Waals surface area contributed by atoms with Gasteiger partial charge < -0.3 is 14.8 Å². The molecule has 0 saturated carbocycles. The lowest BCUT2D eigenvalue weighted by Crippen LogP contribution is -2.35. The molecule has 1 N–H and O–H groups in total. The van der Waals surface area contributed by atoms with Crippen molar-refractivity contribution in [3.05, 3.63) is 78.4 Å². The summed E-state index contributed by atoms with van der Waals surface area (Å²) in [5.74, 6) is -0.197. The monoisotopic (exact) mass is 476 g/mol. The van der Waals surface area contributed by atoms with Gasteiger partial charge in [-0.3, -0.25) is 14.2 Å².